The van der Waals surface area contributed by atoms with Gasteiger partial charge in [-0.1, -0.05) is 18.2 Å². The first-order valence-corrected chi connectivity index (χ1v) is 8.89. The molecular weight excluding hydrogens is 322 g/mol. The van der Waals surface area contributed by atoms with Crippen molar-refractivity contribution in [2.75, 3.05) is 26.5 Å². The van der Waals surface area contributed by atoms with E-state index in [9.17, 15) is 4.79 Å². The molecule has 126 valence electrons. The summed E-state index contributed by atoms with van der Waals surface area (Å²) in [4.78, 5) is 15.5. The van der Waals surface area contributed by atoms with E-state index in [-0.39, 0.29) is 5.91 Å². The second-order valence-corrected chi connectivity index (χ2v) is 6.69. The number of fused-ring (bicyclic) bond motifs is 1. The third kappa shape index (κ3) is 3.67. The van der Waals surface area contributed by atoms with Gasteiger partial charge in [0.25, 0.3) is 0 Å². The molecule has 0 unspecified atom stereocenters. The first-order valence-electron chi connectivity index (χ1n) is 7.90. The van der Waals surface area contributed by atoms with Crippen LogP contribution < -0.4 is 9.47 Å². The Hall–Kier alpha value is -2.14. The molecule has 0 atom stereocenters. The molecule has 0 aliphatic carbocycles. The molecule has 0 N–H and O–H groups in total. The maximum absolute atomic E-state index is 12.5. The van der Waals surface area contributed by atoms with E-state index in [1.807, 2.05) is 47.4 Å². The number of methoxy groups -OCH3 is 2. The van der Waals surface area contributed by atoms with Crippen LogP contribution in [0.2, 0.25) is 0 Å². The van der Waals surface area contributed by atoms with E-state index >= 15 is 0 Å². The van der Waals surface area contributed by atoms with E-state index in [1.54, 1.807) is 26.0 Å². The number of hydrogen-bond acceptors (Lipinski definition) is 4. The van der Waals surface area contributed by atoms with Crippen molar-refractivity contribution in [2.45, 2.75) is 17.9 Å². The summed E-state index contributed by atoms with van der Waals surface area (Å²) in [5, 5.41) is 0. The average molecular weight is 343 g/mol. The topological polar surface area (TPSA) is 38.8 Å². The predicted molar refractivity (Wildman–Crippen MR) is 95.8 cm³/mol. The van der Waals surface area contributed by atoms with Crippen LogP contribution in [0.5, 0.6) is 11.5 Å². The fourth-order valence-corrected chi connectivity index (χ4v) is 3.67. The predicted octanol–water partition coefficient (Wildman–Crippen LogP) is 3.38. The molecule has 2 aromatic carbocycles. The normalized spacial score (nSPS) is 13.3. The molecule has 1 amide bonds. The minimum atomic E-state index is 0.171. The molecule has 5 heteroatoms. The molecule has 1 aliphatic heterocycles. The number of carbonyl (C=O) groups is 1. The van der Waals surface area contributed by atoms with E-state index in [0.29, 0.717) is 18.0 Å². The third-order valence-corrected chi connectivity index (χ3v) is 5.17. The number of hydrogen-bond donors (Lipinski definition) is 0. The van der Waals surface area contributed by atoms with Crippen LogP contribution in [-0.4, -0.2) is 37.3 Å². The highest BCUT2D eigenvalue weighted by atomic mass is 32.2. The quantitative estimate of drug-likeness (QED) is 0.780. The van der Waals surface area contributed by atoms with Gasteiger partial charge in [-0.25, -0.2) is 0 Å². The molecule has 0 saturated heterocycles. The largest absolute Gasteiger partial charge is 0.493 e. The molecule has 4 nitrogen and oxygen atoms in total. The van der Waals surface area contributed by atoms with Gasteiger partial charge >= 0.3 is 0 Å². The highest BCUT2D eigenvalue weighted by molar-refractivity contribution is 8.00. The van der Waals surface area contributed by atoms with Gasteiger partial charge in [-0.2, -0.15) is 0 Å². The Morgan fingerprint density at radius 2 is 1.75 bits per heavy atom. The molecule has 1 heterocycles. The van der Waals surface area contributed by atoms with E-state index in [1.165, 1.54) is 5.56 Å². The van der Waals surface area contributed by atoms with E-state index < -0.39 is 0 Å². The van der Waals surface area contributed by atoms with Crippen molar-refractivity contribution in [3.63, 3.8) is 0 Å². The van der Waals surface area contributed by atoms with Crippen molar-refractivity contribution in [2.24, 2.45) is 0 Å². The zero-order valence-corrected chi connectivity index (χ0v) is 14.8. The van der Waals surface area contributed by atoms with Crippen LogP contribution in [0.1, 0.15) is 11.1 Å². The number of amides is 1. The summed E-state index contributed by atoms with van der Waals surface area (Å²) in [5.74, 6) is 2.09. The third-order valence-electron chi connectivity index (χ3n) is 4.18. The van der Waals surface area contributed by atoms with Crippen molar-refractivity contribution in [3.05, 3.63) is 53.6 Å². The van der Waals surface area contributed by atoms with Gasteiger partial charge in [0.1, 0.15) is 0 Å². The number of rotatable bonds is 5. The molecule has 0 radical (unpaired) electrons. The highest BCUT2D eigenvalue weighted by Gasteiger charge is 2.22. The lowest BCUT2D eigenvalue weighted by Gasteiger charge is -2.29. The zero-order chi connectivity index (χ0) is 16.9. The molecule has 0 fully saturated rings. The molecule has 0 spiro atoms. The van der Waals surface area contributed by atoms with Gasteiger partial charge in [-0.3, -0.25) is 4.79 Å². The summed E-state index contributed by atoms with van der Waals surface area (Å²) in [7, 11) is 3.27. The van der Waals surface area contributed by atoms with E-state index in [4.69, 9.17) is 9.47 Å². The molecule has 3 rings (SSSR count). The summed E-state index contributed by atoms with van der Waals surface area (Å²) >= 11 is 1.58. The van der Waals surface area contributed by atoms with Crippen LogP contribution in [0.15, 0.2) is 47.4 Å². The SMILES string of the molecule is COc1cc2c(cc1OC)CN(C(=O)CSc1ccccc1)CC2. The molecular formula is C19H21NO3S. The fraction of sp³-hybridized carbons (Fsp3) is 0.316. The molecule has 1 aliphatic rings. The molecule has 24 heavy (non-hydrogen) atoms. The van der Waals surface area contributed by atoms with Crippen LogP contribution in [-0.2, 0) is 17.8 Å². The summed E-state index contributed by atoms with van der Waals surface area (Å²) in [5.41, 5.74) is 2.37. The van der Waals surface area contributed by atoms with Gasteiger partial charge in [0.2, 0.25) is 5.91 Å². The Morgan fingerprint density at radius 3 is 2.42 bits per heavy atom. The van der Waals surface area contributed by atoms with Crippen molar-refractivity contribution in [3.8, 4) is 11.5 Å². The minimum Gasteiger partial charge on any atom is -0.493 e. The molecule has 0 saturated carbocycles. The van der Waals surface area contributed by atoms with Gasteiger partial charge in [-0.15, -0.1) is 11.8 Å². The van der Waals surface area contributed by atoms with Gasteiger partial charge in [0.05, 0.1) is 20.0 Å². The lowest BCUT2D eigenvalue weighted by Crippen LogP contribution is -2.37. The second-order valence-electron chi connectivity index (χ2n) is 5.64. The van der Waals surface area contributed by atoms with Gasteiger partial charge < -0.3 is 14.4 Å². The van der Waals surface area contributed by atoms with E-state index in [0.717, 1.165) is 29.2 Å². The monoisotopic (exact) mass is 343 g/mol. The first kappa shape index (κ1) is 16.7. The lowest BCUT2D eigenvalue weighted by molar-refractivity contribution is -0.129. The number of nitrogens with zero attached hydrogens (tertiary/aromatic N) is 1. The van der Waals surface area contributed by atoms with Crippen LogP contribution in [0.3, 0.4) is 0 Å². The first-order chi connectivity index (χ1) is 11.7. The molecule has 0 aromatic heterocycles. The number of benzene rings is 2. The Kier molecular flexibility index (Phi) is 5.30. The van der Waals surface area contributed by atoms with Gasteiger partial charge in [0, 0.05) is 18.0 Å². The molecule has 2 aromatic rings. The zero-order valence-electron chi connectivity index (χ0n) is 14.0. The second kappa shape index (κ2) is 7.62. The van der Waals surface area contributed by atoms with Gasteiger partial charge in [0.15, 0.2) is 11.5 Å². The number of thioether (sulfide) groups is 1. The molecule has 0 bridgehead atoms. The minimum absolute atomic E-state index is 0.171. The number of carbonyl (C=O) groups excluding carboxylic acids is 1. The van der Waals surface area contributed by atoms with Crippen molar-refractivity contribution >= 4 is 17.7 Å². The van der Waals surface area contributed by atoms with Crippen molar-refractivity contribution < 1.29 is 14.3 Å². The fourth-order valence-electron chi connectivity index (χ4n) is 2.85. The summed E-state index contributed by atoms with van der Waals surface area (Å²) in [6.07, 6.45) is 0.845. The van der Waals surface area contributed by atoms with Crippen LogP contribution in [0.4, 0.5) is 0 Å². The van der Waals surface area contributed by atoms with Crippen LogP contribution in [0.25, 0.3) is 0 Å². The summed E-state index contributed by atoms with van der Waals surface area (Å²) in [6, 6.07) is 14.0. The van der Waals surface area contributed by atoms with Crippen LogP contribution in [0, 0.1) is 0 Å². The Balaban J connectivity index is 1.66. The van der Waals surface area contributed by atoms with Crippen molar-refractivity contribution in [1.29, 1.82) is 0 Å². The Labute approximate surface area is 146 Å². The van der Waals surface area contributed by atoms with Gasteiger partial charge in [-0.05, 0) is 41.8 Å². The van der Waals surface area contributed by atoms with Crippen molar-refractivity contribution in [1.82, 2.24) is 4.90 Å². The average Bonchev–Trinajstić information content (AvgIpc) is 2.65. The smallest absolute Gasteiger partial charge is 0.233 e. The highest BCUT2D eigenvalue weighted by Crippen LogP contribution is 2.33. The Morgan fingerprint density at radius 1 is 1.08 bits per heavy atom. The standard InChI is InChI=1S/C19H21NO3S/c1-22-17-10-14-8-9-20(12-15(14)11-18(17)23-2)19(21)13-24-16-6-4-3-5-7-16/h3-7,10-11H,8-9,12-13H2,1-2H3. The summed E-state index contributed by atoms with van der Waals surface area (Å²) < 4.78 is 10.7. The Bertz CT molecular complexity index is 718. The van der Waals surface area contributed by atoms with E-state index in [2.05, 4.69) is 0 Å². The van der Waals surface area contributed by atoms with Crippen LogP contribution >= 0.6 is 11.8 Å². The maximum Gasteiger partial charge on any atom is 0.233 e. The number of ether oxygens (including phenoxy) is 2. The maximum atomic E-state index is 12.5. The lowest BCUT2D eigenvalue weighted by atomic mass is 9.99. The summed E-state index contributed by atoms with van der Waals surface area (Å²) in [6.45, 7) is 1.38.